The SMILES string of the molecule is CO[Si](Cc1ccccc1)(OC)OCCl. The van der Waals surface area contributed by atoms with Gasteiger partial charge in [-0.25, -0.2) is 0 Å². The minimum Gasteiger partial charge on any atom is -0.377 e. The summed E-state index contributed by atoms with van der Waals surface area (Å²) in [5, 5.41) is 0. The first kappa shape index (κ1) is 12.7. The summed E-state index contributed by atoms with van der Waals surface area (Å²) in [5.41, 5.74) is 1.12. The Morgan fingerprint density at radius 1 is 1.13 bits per heavy atom. The van der Waals surface area contributed by atoms with Gasteiger partial charge in [0.2, 0.25) is 0 Å². The van der Waals surface area contributed by atoms with E-state index in [9.17, 15) is 0 Å². The number of alkyl halides is 1. The third-order valence-corrected chi connectivity index (χ3v) is 5.12. The minimum atomic E-state index is -2.62. The molecule has 0 saturated heterocycles. The van der Waals surface area contributed by atoms with Crippen LogP contribution in [0.15, 0.2) is 30.3 Å². The Morgan fingerprint density at radius 2 is 1.73 bits per heavy atom. The van der Waals surface area contributed by atoms with Crippen molar-refractivity contribution in [3.05, 3.63) is 35.9 Å². The second kappa shape index (κ2) is 6.25. The highest BCUT2D eigenvalue weighted by molar-refractivity contribution is 6.60. The first-order chi connectivity index (χ1) is 7.26. The minimum absolute atomic E-state index is 0.0841. The summed E-state index contributed by atoms with van der Waals surface area (Å²) in [7, 11) is 0.561. The highest BCUT2D eigenvalue weighted by atomic mass is 35.5. The first-order valence-corrected chi connectivity index (χ1v) is 7.07. The molecule has 0 aliphatic rings. The standard InChI is InChI=1S/C10H15ClO3Si/c1-12-15(13-2,14-9-11)8-10-6-4-3-5-7-10/h3-7H,8-9H2,1-2H3. The molecule has 0 aromatic heterocycles. The van der Waals surface area contributed by atoms with Crippen molar-refractivity contribution in [3.63, 3.8) is 0 Å². The van der Waals surface area contributed by atoms with Crippen LogP contribution in [0.25, 0.3) is 0 Å². The normalized spacial score (nSPS) is 11.7. The maximum absolute atomic E-state index is 5.56. The van der Waals surface area contributed by atoms with E-state index in [1.807, 2.05) is 30.3 Å². The van der Waals surface area contributed by atoms with Gasteiger partial charge >= 0.3 is 8.80 Å². The molecule has 0 spiro atoms. The van der Waals surface area contributed by atoms with Gasteiger partial charge in [0.15, 0.2) is 0 Å². The van der Waals surface area contributed by atoms with Crippen LogP contribution in [0.1, 0.15) is 5.56 Å². The van der Waals surface area contributed by atoms with E-state index in [0.717, 1.165) is 5.56 Å². The van der Waals surface area contributed by atoms with Crippen molar-refractivity contribution >= 4 is 20.4 Å². The highest BCUT2D eigenvalue weighted by Gasteiger charge is 2.39. The maximum atomic E-state index is 5.56. The van der Waals surface area contributed by atoms with E-state index in [4.69, 9.17) is 24.9 Å². The molecule has 15 heavy (non-hydrogen) atoms. The average Bonchev–Trinajstić information content (AvgIpc) is 2.30. The van der Waals surface area contributed by atoms with E-state index in [-0.39, 0.29) is 6.07 Å². The fraction of sp³-hybridized carbons (Fsp3) is 0.400. The molecule has 0 aliphatic carbocycles. The summed E-state index contributed by atoms with van der Waals surface area (Å²) in [6.45, 7) is 0. The first-order valence-electron chi connectivity index (χ1n) is 4.60. The zero-order valence-electron chi connectivity index (χ0n) is 8.90. The Hall–Kier alpha value is -0.393. The van der Waals surface area contributed by atoms with Crippen molar-refractivity contribution in [3.8, 4) is 0 Å². The molecule has 0 fully saturated rings. The molecule has 1 aromatic carbocycles. The van der Waals surface area contributed by atoms with Gasteiger partial charge in [-0.1, -0.05) is 41.9 Å². The summed E-state index contributed by atoms with van der Waals surface area (Å²) >= 11 is 5.56. The van der Waals surface area contributed by atoms with E-state index < -0.39 is 8.80 Å². The van der Waals surface area contributed by atoms with Crippen LogP contribution in [-0.2, 0) is 19.3 Å². The summed E-state index contributed by atoms with van der Waals surface area (Å²) in [6.07, 6.45) is 0. The molecule has 1 rings (SSSR count). The summed E-state index contributed by atoms with van der Waals surface area (Å²) in [6, 6.07) is 10.7. The third kappa shape index (κ3) is 3.59. The highest BCUT2D eigenvalue weighted by Crippen LogP contribution is 2.15. The van der Waals surface area contributed by atoms with Gasteiger partial charge in [-0.3, -0.25) is 0 Å². The monoisotopic (exact) mass is 246 g/mol. The summed E-state index contributed by atoms with van der Waals surface area (Å²) < 4.78 is 16.1. The topological polar surface area (TPSA) is 27.7 Å². The Morgan fingerprint density at radius 3 is 2.20 bits per heavy atom. The maximum Gasteiger partial charge on any atom is 0.505 e. The van der Waals surface area contributed by atoms with Crippen molar-refractivity contribution in [1.29, 1.82) is 0 Å². The summed E-state index contributed by atoms with van der Waals surface area (Å²) in [5.74, 6) is 0. The lowest BCUT2D eigenvalue weighted by Gasteiger charge is -2.25. The number of hydrogen-bond donors (Lipinski definition) is 0. The van der Waals surface area contributed by atoms with Crippen molar-refractivity contribution < 1.29 is 13.3 Å². The molecule has 0 atom stereocenters. The molecular weight excluding hydrogens is 232 g/mol. The lowest BCUT2D eigenvalue weighted by molar-refractivity contribution is 0.115. The van der Waals surface area contributed by atoms with Crippen LogP contribution in [0.5, 0.6) is 0 Å². The Kier molecular flexibility index (Phi) is 5.28. The second-order valence-electron chi connectivity index (χ2n) is 3.01. The van der Waals surface area contributed by atoms with Crippen LogP contribution in [0.4, 0.5) is 0 Å². The Balaban J connectivity index is 2.74. The molecule has 5 heteroatoms. The molecule has 0 aliphatic heterocycles. The van der Waals surface area contributed by atoms with Gasteiger partial charge in [-0.05, 0) is 5.56 Å². The van der Waals surface area contributed by atoms with Gasteiger partial charge in [-0.2, -0.15) is 0 Å². The molecular formula is C10H15ClO3Si. The van der Waals surface area contributed by atoms with Crippen LogP contribution in [0.3, 0.4) is 0 Å². The molecule has 0 saturated carbocycles. The molecule has 0 N–H and O–H groups in total. The average molecular weight is 247 g/mol. The predicted octanol–water partition coefficient (Wildman–Crippen LogP) is 2.21. The Bertz CT molecular complexity index is 277. The zero-order chi connectivity index (χ0) is 11.1. The largest absolute Gasteiger partial charge is 0.505 e. The van der Waals surface area contributed by atoms with Gasteiger partial charge in [0.05, 0.1) is 0 Å². The van der Waals surface area contributed by atoms with Gasteiger partial charge in [0.25, 0.3) is 0 Å². The Labute approximate surface area is 96.3 Å². The molecule has 3 nitrogen and oxygen atoms in total. The molecule has 84 valence electrons. The van der Waals surface area contributed by atoms with Crippen molar-refractivity contribution in [1.82, 2.24) is 0 Å². The van der Waals surface area contributed by atoms with E-state index >= 15 is 0 Å². The van der Waals surface area contributed by atoms with E-state index in [0.29, 0.717) is 6.04 Å². The predicted molar refractivity (Wildman–Crippen MR) is 61.7 cm³/mol. The van der Waals surface area contributed by atoms with Gasteiger partial charge in [-0.15, -0.1) is 0 Å². The van der Waals surface area contributed by atoms with E-state index in [1.165, 1.54) is 0 Å². The number of halogens is 1. The fourth-order valence-electron chi connectivity index (χ4n) is 1.33. The number of rotatable bonds is 6. The fourth-order valence-corrected chi connectivity index (χ4v) is 3.52. The molecule has 0 radical (unpaired) electrons. The van der Waals surface area contributed by atoms with E-state index in [1.54, 1.807) is 14.2 Å². The third-order valence-electron chi connectivity index (χ3n) is 2.16. The van der Waals surface area contributed by atoms with Gasteiger partial charge < -0.3 is 13.3 Å². The number of benzene rings is 1. The van der Waals surface area contributed by atoms with Crippen LogP contribution >= 0.6 is 11.6 Å². The van der Waals surface area contributed by atoms with E-state index in [2.05, 4.69) is 0 Å². The van der Waals surface area contributed by atoms with Crippen molar-refractivity contribution in [2.75, 3.05) is 20.3 Å². The molecule has 1 aromatic rings. The van der Waals surface area contributed by atoms with Crippen LogP contribution in [0.2, 0.25) is 0 Å². The zero-order valence-corrected chi connectivity index (χ0v) is 10.7. The van der Waals surface area contributed by atoms with Gasteiger partial charge in [0, 0.05) is 20.3 Å². The molecule has 0 unspecified atom stereocenters. The quantitative estimate of drug-likeness (QED) is 0.569. The lowest BCUT2D eigenvalue weighted by atomic mass is 10.2. The van der Waals surface area contributed by atoms with Crippen LogP contribution < -0.4 is 0 Å². The summed E-state index contributed by atoms with van der Waals surface area (Å²) in [4.78, 5) is 0. The smallest absolute Gasteiger partial charge is 0.377 e. The molecule has 0 amide bonds. The molecule has 0 bridgehead atoms. The second-order valence-corrected chi connectivity index (χ2v) is 6.05. The van der Waals surface area contributed by atoms with Crippen molar-refractivity contribution in [2.45, 2.75) is 6.04 Å². The van der Waals surface area contributed by atoms with Crippen LogP contribution in [0, 0.1) is 0 Å². The van der Waals surface area contributed by atoms with Gasteiger partial charge in [0.1, 0.15) is 6.07 Å². The molecule has 0 heterocycles. The number of hydrogen-bond acceptors (Lipinski definition) is 3. The van der Waals surface area contributed by atoms with Crippen molar-refractivity contribution in [2.24, 2.45) is 0 Å². The van der Waals surface area contributed by atoms with Crippen LogP contribution in [-0.4, -0.2) is 29.1 Å². The lowest BCUT2D eigenvalue weighted by Crippen LogP contribution is -2.46.